The molecule has 0 unspecified atom stereocenters. The van der Waals surface area contributed by atoms with Crippen LogP contribution in [0.15, 0.2) is 24.4 Å². The Balaban J connectivity index is 2.66. The lowest BCUT2D eigenvalue weighted by Crippen LogP contribution is -2.45. The molecular formula is C14H21N3O3. The summed E-state index contributed by atoms with van der Waals surface area (Å²) in [5.41, 5.74) is 0.797. The van der Waals surface area contributed by atoms with Crippen LogP contribution in [0.4, 0.5) is 4.79 Å². The third kappa shape index (κ3) is 4.87. The molecule has 6 heteroatoms. The number of aromatic nitrogens is 1. The largest absolute Gasteiger partial charge is 0.481 e. The van der Waals surface area contributed by atoms with Crippen molar-refractivity contribution in [3.63, 3.8) is 0 Å². The van der Waals surface area contributed by atoms with Crippen molar-refractivity contribution in [1.82, 2.24) is 14.8 Å². The summed E-state index contributed by atoms with van der Waals surface area (Å²) in [6.45, 7) is 4.34. The van der Waals surface area contributed by atoms with Gasteiger partial charge in [0.05, 0.1) is 18.7 Å². The van der Waals surface area contributed by atoms with Crippen LogP contribution >= 0.6 is 0 Å². The van der Waals surface area contributed by atoms with Crippen LogP contribution in [0.5, 0.6) is 0 Å². The Morgan fingerprint density at radius 2 is 2.05 bits per heavy atom. The Kier molecular flexibility index (Phi) is 5.96. The van der Waals surface area contributed by atoms with Gasteiger partial charge in [0, 0.05) is 25.8 Å². The van der Waals surface area contributed by atoms with E-state index in [1.54, 1.807) is 23.0 Å². The Labute approximate surface area is 119 Å². The molecule has 0 bridgehead atoms. The van der Waals surface area contributed by atoms with Crippen molar-refractivity contribution in [3.05, 3.63) is 30.1 Å². The van der Waals surface area contributed by atoms with Gasteiger partial charge in [0.15, 0.2) is 0 Å². The molecule has 0 aromatic carbocycles. The molecule has 110 valence electrons. The fraction of sp³-hybridized carbons (Fsp3) is 0.500. The molecule has 0 spiro atoms. The Bertz CT molecular complexity index is 448. The van der Waals surface area contributed by atoms with Crippen molar-refractivity contribution in [1.29, 1.82) is 0 Å². The molecule has 1 aromatic heterocycles. The van der Waals surface area contributed by atoms with Crippen LogP contribution < -0.4 is 0 Å². The lowest BCUT2D eigenvalue weighted by atomic mass is 10.3. The minimum absolute atomic E-state index is 0.0481. The lowest BCUT2D eigenvalue weighted by molar-refractivity contribution is -0.137. The van der Waals surface area contributed by atoms with Gasteiger partial charge in [0.2, 0.25) is 0 Å². The lowest BCUT2D eigenvalue weighted by Gasteiger charge is -2.30. The number of amides is 2. The summed E-state index contributed by atoms with van der Waals surface area (Å²) < 4.78 is 0. The van der Waals surface area contributed by atoms with Gasteiger partial charge in [-0.2, -0.15) is 0 Å². The van der Waals surface area contributed by atoms with E-state index in [0.29, 0.717) is 6.54 Å². The molecule has 0 saturated carbocycles. The minimum atomic E-state index is -0.907. The van der Waals surface area contributed by atoms with Crippen LogP contribution in [-0.2, 0) is 11.3 Å². The standard InChI is InChI=1S/C14H21N3O3/c1-11(2)17(9-7-13(18)19)14(20)16(3)10-12-6-4-5-8-15-12/h4-6,8,11H,7,9-10H2,1-3H3,(H,18,19). The smallest absolute Gasteiger partial charge is 0.320 e. The molecule has 0 aliphatic rings. The summed E-state index contributed by atoms with van der Waals surface area (Å²) in [5.74, 6) is -0.907. The molecule has 0 atom stereocenters. The van der Waals surface area contributed by atoms with Crippen molar-refractivity contribution in [2.24, 2.45) is 0 Å². The van der Waals surface area contributed by atoms with Gasteiger partial charge in [-0.1, -0.05) is 6.07 Å². The van der Waals surface area contributed by atoms with Crippen LogP contribution in [0.3, 0.4) is 0 Å². The molecule has 6 nitrogen and oxygen atoms in total. The van der Waals surface area contributed by atoms with Crippen LogP contribution in [0.2, 0.25) is 0 Å². The molecule has 0 aliphatic carbocycles. The molecule has 1 rings (SSSR count). The Hall–Kier alpha value is -2.11. The predicted molar refractivity (Wildman–Crippen MR) is 75.2 cm³/mol. The number of carbonyl (C=O) groups excluding carboxylic acids is 1. The van der Waals surface area contributed by atoms with Crippen molar-refractivity contribution in [3.8, 4) is 0 Å². The van der Waals surface area contributed by atoms with Crippen LogP contribution in [0, 0.1) is 0 Å². The first-order valence-corrected chi connectivity index (χ1v) is 6.55. The predicted octanol–water partition coefficient (Wildman–Crippen LogP) is 1.82. The van der Waals surface area contributed by atoms with E-state index in [2.05, 4.69) is 4.98 Å². The fourth-order valence-corrected chi connectivity index (χ4v) is 1.81. The maximum absolute atomic E-state index is 12.3. The SMILES string of the molecule is CC(C)N(CCC(=O)O)C(=O)N(C)Cc1ccccn1. The van der Waals surface area contributed by atoms with E-state index in [0.717, 1.165) is 5.69 Å². The monoisotopic (exact) mass is 279 g/mol. The number of carboxylic acids is 1. The van der Waals surface area contributed by atoms with E-state index >= 15 is 0 Å². The van der Waals surface area contributed by atoms with Crippen molar-refractivity contribution < 1.29 is 14.7 Å². The second-order valence-corrected chi connectivity index (χ2v) is 4.89. The number of pyridine rings is 1. The van der Waals surface area contributed by atoms with Gasteiger partial charge in [-0.3, -0.25) is 9.78 Å². The number of carboxylic acid groups (broad SMARTS) is 1. The van der Waals surface area contributed by atoms with Gasteiger partial charge in [-0.25, -0.2) is 4.79 Å². The number of urea groups is 1. The maximum Gasteiger partial charge on any atom is 0.320 e. The van der Waals surface area contributed by atoms with E-state index in [9.17, 15) is 9.59 Å². The molecule has 2 amide bonds. The molecular weight excluding hydrogens is 258 g/mol. The van der Waals surface area contributed by atoms with Gasteiger partial charge < -0.3 is 14.9 Å². The third-order valence-electron chi connectivity index (χ3n) is 2.89. The average molecular weight is 279 g/mol. The number of aliphatic carboxylic acids is 1. The third-order valence-corrected chi connectivity index (χ3v) is 2.89. The van der Waals surface area contributed by atoms with Gasteiger partial charge in [-0.05, 0) is 26.0 Å². The molecule has 1 aromatic rings. The van der Waals surface area contributed by atoms with Crippen LogP contribution in [0.25, 0.3) is 0 Å². The minimum Gasteiger partial charge on any atom is -0.481 e. The van der Waals surface area contributed by atoms with E-state index in [-0.39, 0.29) is 25.0 Å². The van der Waals surface area contributed by atoms with Crippen molar-refractivity contribution in [2.75, 3.05) is 13.6 Å². The number of carbonyl (C=O) groups is 2. The molecule has 20 heavy (non-hydrogen) atoms. The van der Waals surface area contributed by atoms with Gasteiger partial charge in [0.1, 0.15) is 0 Å². The number of hydrogen-bond donors (Lipinski definition) is 1. The average Bonchev–Trinajstić information content (AvgIpc) is 2.39. The molecule has 1 heterocycles. The highest BCUT2D eigenvalue weighted by Crippen LogP contribution is 2.07. The second-order valence-electron chi connectivity index (χ2n) is 4.89. The number of nitrogens with zero attached hydrogens (tertiary/aromatic N) is 3. The number of hydrogen-bond acceptors (Lipinski definition) is 3. The molecule has 0 fully saturated rings. The molecule has 0 radical (unpaired) electrons. The summed E-state index contributed by atoms with van der Waals surface area (Å²) in [4.78, 5) is 30.3. The summed E-state index contributed by atoms with van der Waals surface area (Å²) in [6.07, 6.45) is 1.62. The first-order valence-electron chi connectivity index (χ1n) is 6.55. The molecule has 0 saturated heterocycles. The van der Waals surface area contributed by atoms with E-state index in [1.165, 1.54) is 0 Å². The topological polar surface area (TPSA) is 73.7 Å². The summed E-state index contributed by atoms with van der Waals surface area (Å²) in [5, 5.41) is 8.74. The zero-order chi connectivity index (χ0) is 15.1. The summed E-state index contributed by atoms with van der Waals surface area (Å²) >= 11 is 0. The van der Waals surface area contributed by atoms with Crippen molar-refractivity contribution >= 4 is 12.0 Å². The Morgan fingerprint density at radius 1 is 1.35 bits per heavy atom. The highest BCUT2D eigenvalue weighted by atomic mass is 16.4. The van der Waals surface area contributed by atoms with Gasteiger partial charge in [0.25, 0.3) is 0 Å². The van der Waals surface area contributed by atoms with Crippen molar-refractivity contribution in [2.45, 2.75) is 32.9 Å². The van der Waals surface area contributed by atoms with E-state index < -0.39 is 5.97 Å². The van der Waals surface area contributed by atoms with Crippen LogP contribution in [-0.4, -0.2) is 51.5 Å². The summed E-state index contributed by atoms with van der Waals surface area (Å²) in [7, 11) is 1.69. The first-order chi connectivity index (χ1) is 9.41. The van der Waals surface area contributed by atoms with E-state index in [4.69, 9.17) is 5.11 Å². The second kappa shape index (κ2) is 7.47. The molecule has 0 aliphatic heterocycles. The number of rotatable bonds is 6. The van der Waals surface area contributed by atoms with Gasteiger partial charge >= 0.3 is 12.0 Å². The van der Waals surface area contributed by atoms with Crippen LogP contribution in [0.1, 0.15) is 26.0 Å². The van der Waals surface area contributed by atoms with Gasteiger partial charge in [-0.15, -0.1) is 0 Å². The molecule has 1 N–H and O–H groups in total. The first kappa shape index (κ1) is 15.9. The highest BCUT2D eigenvalue weighted by molar-refractivity contribution is 5.75. The normalized spacial score (nSPS) is 10.4. The summed E-state index contributed by atoms with van der Waals surface area (Å²) in [6, 6.07) is 5.30. The highest BCUT2D eigenvalue weighted by Gasteiger charge is 2.21. The quantitative estimate of drug-likeness (QED) is 0.862. The zero-order valence-electron chi connectivity index (χ0n) is 12.1. The fourth-order valence-electron chi connectivity index (χ4n) is 1.81. The Morgan fingerprint density at radius 3 is 2.55 bits per heavy atom. The zero-order valence-corrected chi connectivity index (χ0v) is 12.1. The maximum atomic E-state index is 12.3. The van der Waals surface area contributed by atoms with E-state index in [1.807, 2.05) is 32.0 Å².